The van der Waals surface area contributed by atoms with E-state index in [0.29, 0.717) is 5.69 Å². The first-order valence-electron chi connectivity index (χ1n) is 4.36. The van der Waals surface area contributed by atoms with E-state index in [0.717, 1.165) is 6.07 Å². The summed E-state index contributed by atoms with van der Waals surface area (Å²) in [7, 11) is 0. The molecule has 0 fully saturated rings. The number of benzene rings is 1. The second-order valence-electron chi connectivity index (χ2n) is 3.35. The van der Waals surface area contributed by atoms with Crippen molar-refractivity contribution in [1.29, 1.82) is 0 Å². The topological polar surface area (TPSA) is 55.1 Å². The van der Waals surface area contributed by atoms with Crippen LogP contribution in [0.25, 0.3) is 0 Å². The summed E-state index contributed by atoms with van der Waals surface area (Å²) in [6.07, 6.45) is 0. The van der Waals surface area contributed by atoms with Gasteiger partial charge in [0.15, 0.2) is 0 Å². The van der Waals surface area contributed by atoms with Gasteiger partial charge >= 0.3 is 0 Å². The summed E-state index contributed by atoms with van der Waals surface area (Å²) in [6, 6.07) is 4.10. The number of primary amides is 1. The van der Waals surface area contributed by atoms with E-state index in [9.17, 15) is 9.18 Å². The summed E-state index contributed by atoms with van der Waals surface area (Å²) in [5, 5.41) is 3.01. The minimum Gasteiger partial charge on any atom is -0.382 e. The molecule has 0 unspecified atom stereocenters. The molecular weight excluding hydrogens is 183 g/mol. The Labute approximate surface area is 82.1 Å². The van der Waals surface area contributed by atoms with Gasteiger partial charge in [0.1, 0.15) is 5.82 Å². The molecular formula is C10H13FN2O. The molecule has 0 aliphatic rings. The summed E-state index contributed by atoms with van der Waals surface area (Å²) in [6.45, 7) is 3.85. The molecule has 1 aromatic carbocycles. The van der Waals surface area contributed by atoms with Crippen molar-refractivity contribution in [3.05, 3.63) is 29.6 Å². The Morgan fingerprint density at radius 1 is 1.50 bits per heavy atom. The third-order valence-corrected chi connectivity index (χ3v) is 1.69. The fourth-order valence-corrected chi connectivity index (χ4v) is 1.16. The predicted molar refractivity (Wildman–Crippen MR) is 53.7 cm³/mol. The number of halogens is 1. The summed E-state index contributed by atoms with van der Waals surface area (Å²) < 4.78 is 12.8. The summed E-state index contributed by atoms with van der Waals surface area (Å²) in [5.41, 5.74) is 5.86. The number of rotatable bonds is 3. The first-order chi connectivity index (χ1) is 6.50. The lowest BCUT2D eigenvalue weighted by molar-refractivity contribution is 0.100. The first kappa shape index (κ1) is 10.5. The molecule has 0 radical (unpaired) electrons. The number of carbonyl (C=O) groups is 1. The van der Waals surface area contributed by atoms with Crippen molar-refractivity contribution in [2.24, 2.45) is 5.73 Å². The minimum absolute atomic E-state index is 0.165. The number of anilines is 1. The van der Waals surface area contributed by atoms with Crippen LogP contribution in [0.2, 0.25) is 0 Å². The Morgan fingerprint density at radius 3 is 2.64 bits per heavy atom. The van der Waals surface area contributed by atoms with E-state index in [1.54, 1.807) is 0 Å². The molecule has 3 nitrogen and oxygen atoms in total. The van der Waals surface area contributed by atoms with E-state index in [1.807, 2.05) is 13.8 Å². The molecule has 1 rings (SSSR count). The Morgan fingerprint density at radius 2 is 2.14 bits per heavy atom. The van der Waals surface area contributed by atoms with Crippen LogP contribution < -0.4 is 11.1 Å². The highest BCUT2D eigenvalue weighted by molar-refractivity contribution is 5.98. The summed E-state index contributed by atoms with van der Waals surface area (Å²) in [5.74, 6) is -1.10. The molecule has 0 saturated heterocycles. The van der Waals surface area contributed by atoms with Gasteiger partial charge < -0.3 is 11.1 Å². The molecule has 0 aliphatic carbocycles. The van der Waals surface area contributed by atoms with Gasteiger partial charge in [0.25, 0.3) is 5.91 Å². The maximum absolute atomic E-state index is 12.8. The number of nitrogens with two attached hydrogens (primary N) is 1. The van der Waals surface area contributed by atoms with Gasteiger partial charge in [-0.1, -0.05) is 0 Å². The highest BCUT2D eigenvalue weighted by atomic mass is 19.1. The van der Waals surface area contributed by atoms with Crippen LogP contribution in [0.3, 0.4) is 0 Å². The summed E-state index contributed by atoms with van der Waals surface area (Å²) >= 11 is 0. The normalized spacial score (nSPS) is 10.3. The van der Waals surface area contributed by atoms with Crippen LogP contribution in [0.15, 0.2) is 18.2 Å². The maximum atomic E-state index is 12.8. The van der Waals surface area contributed by atoms with Crippen molar-refractivity contribution in [2.45, 2.75) is 19.9 Å². The van der Waals surface area contributed by atoms with Gasteiger partial charge in [-0.15, -0.1) is 0 Å². The number of hydrogen-bond acceptors (Lipinski definition) is 2. The van der Waals surface area contributed by atoms with E-state index in [-0.39, 0.29) is 11.6 Å². The molecule has 0 bridgehead atoms. The zero-order valence-corrected chi connectivity index (χ0v) is 8.17. The van der Waals surface area contributed by atoms with Gasteiger partial charge in [0, 0.05) is 11.7 Å². The summed E-state index contributed by atoms with van der Waals surface area (Å²) in [4.78, 5) is 11.0. The van der Waals surface area contributed by atoms with Gasteiger partial charge in [-0.05, 0) is 32.0 Å². The van der Waals surface area contributed by atoms with Crippen LogP contribution in [-0.4, -0.2) is 11.9 Å². The Kier molecular flexibility index (Phi) is 3.06. The quantitative estimate of drug-likeness (QED) is 0.773. The zero-order chi connectivity index (χ0) is 10.7. The third kappa shape index (κ3) is 2.45. The molecule has 0 spiro atoms. The smallest absolute Gasteiger partial charge is 0.250 e. The maximum Gasteiger partial charge on any atom is 0.250 e. The highest BCUT2D eigenvalue weighted by Gasteiger charge is 2.09. The van der Waals surface area contributed by atoms with Crippen molar-refractivity contribution in [2.75, 3.05) is 5.32 Å². The minimum atomic E-state index is -0.632. The molecule has 3 N–H and O–H groups in total. The third-order valence-electron chi connectivity index (χ3n) is 1.69. The monoisotopic (exact) mass is 196 g/mol. The average Bonchev–Trinajstić information content (AvgIpc) is 2.07. The lowest BCUT2D eigenvalue weighted by atomic mass is 10.1. The molecule has 0 atom stereocenters. The van der Waals surface area contributed by atoms with Crippen LogP contribution in [0.4, 0.5) is 10.1 Å². The van der Waals surface area contributed by atoms with E-state index >= 15 is 0 Å². The first-order valence-corrected chi connectivity index (χ1v) is 4.36. The van der Waals surface area contributed by atoms with Crippen molar-refractivity contribution in [3.8, 4) is 0 Å². The molecule has 76 valence electrons. The Bertz CT molecular complexity index is 350. The average molecular weight is 196 g/mol. The van der Waals surface area contributed by atoms with E-state index in [4.69, 9.17) is 5.73 Å². The van der Waals surface area contributed by atoms with Gasteiger partial charge in [0.05, 0.1) is 5.56 Å². The lowest BCUT2D eigenvalue weighted by Gasteiger charge is -2.12. The van der Waals surface area contributed by atoms with E-state index < -0.39 is 11.7 Å². The van der Waals surface area contributed by atoms with Gasteiger partial charge in [-0.3, -0.25) is 4.79 Å². The molecule has 0 saturated carbocycles. The fourth-order valence-electron chi connectivity index (χ4n) is 1.16. The van der Waals surface area contributed by atoms with Crippen LogP contribution in [0.5, 0.6) is 0 Å². The van der Waals surface area contributed by atoms with Gasteiger partial charge in [-0.2, -0.15) is 0 Å². The van der Waals surface area contributed by atoms with Crippen LogP contribution in [0, 0.1) is 5.82 Å². The van der Waals surface area contributed by atoms with Crippen molar-refractivity contribution in [1.82, 2.24) is 0 Å². The molecule has 4 heteroatoms. The number of nitrogens with one attached hydrogen (secondary N) is 1. The predicted octanol–water partition coefficient (Wildman–Crippen LogP) is 1.74. The molecule has 0 aliphatic heterocycles. The second kappa shape index (κ2) is 4.09. The Hall–Kier alpha value is -1.58. The Balaban J connectivity index is 3.08. The molecule has 14 heavy (non-hydrogen) atoms. The zero-order valence-electron chi connectivity index (χ0n) is 8.17. The standard InChI is InChI=1S/C10H13FN2O/c1-6(2)13-9-4-3-7(11)5-8(9)10(12)14/h3-6,13H,1-2H3,(H2,12,14). The van der Waals surface area contributed by atoms with Crippen molar-refractivity contribution >= 4 is 11.6 Å². The van der Waals surface area contributed by atoms with Gasteiger partial charge in [0.2, 0.25) is 0 Å². The van der Waals surface area contributed by atoms with E-state index in [2.05, 4.69) is 5.32 Å². The number of hydrogen-bond donors (Lipinski definition) is 2. The number of carbonyl (C=O) groups excluding carboxylic acids is 1. The van der Waals surface area contributed by atoms with Crippen LogP contribution >= 0.6 is 0 Å². The van der Waals surface area contributed by atoms with Crippen LogP contribution in [-0.2, 0) is 0 Å². The highest BCUT2D eigenvalue weighted by Crippen LogP contribution is 2.17. The van der Waals surface area contributed by atoms with Crippen molar-refractivity contribution in [3.63, 3.8) is 0 Å². The SMILES string of the molecule is CC(C)Nc1ccc(F)cc1C(N)=O. The molecule has 0 aromatic heterocycles. The van der Waals surface area contributed by atoms with E-state index in [1.165, 1.54) is 12.1 Å². The number of amides is 1. The van der Waals surface area contributed by atoms with Gasteiger partial charge in [-0.25, -0.2) is 4.39 Å². The largest absolute Gasteiger partial charge is 0.382 e. The van der Waals surface area contributed by atoms with Crippen molar-refractivity contribution < 1.29 is 9.18 Å². The fraction of sp³-hybridized carbons (Fsp3) is 0.300. The molecule has 1 amide bonds. The molecule has 1 aromatic rings. The van der Waals surface area contributed by atoms with Crippen LogP contribution in [0.1, 0.15) is 24.2 Å². The second-order valence-corrected chi connectivity index (χ2v) is 3.35. The lowest BCUT2D eigenvalue weighted by Crippen LogP contribution is -2.17. The molecule has 0 heterocycles.